The van der Waals surface area contributed by atoms with E-state index < -0.39 is 0 Å². The number of nitrogens with one attached hydrogen (secondary N) is 2. The summed E-state index contributed by atoms with van der Waals surface area (Å²) in [5, 5.41) is 4.61. The zero-order valence-electron chi connectivity index (χ0n) is 18.4. The third-order valence-electron chi connectivity index (χ3n) is 6.13. The fourth-order valence-electron chi connectivity index (χ4n) is 4.30. The van der Waals surface area contributed by atoms with Gasteiger partial charge >= 0.3 is 0 Å². The van der Waals surface area contributed by atoms with Gasteiger partial charge in [-0.3, -0.25) is 9.97 Å². The maximum atomic E-state index is 6.01. The maximum absolute atomic E-state index is 6.01. The van der Waals surface area contributed by atoms with E-state index >= 15 is 0 Å². The zero-order valence-corrected chi connectivity index (χ0v) is 18.4. The molecule has 0 radical (unpaired) electrons. The summed E-state index contributed by atoms with van der Waals surface area (Å²) in [5.41, 5.74) is 12.7. The van der Waals surface area contributed by atoms with Crippen molar-refractivity contribution in [2.45, 2.75) is 25.8 Å². The van der Waals surface area contributed by atoms with Crippen LogP contribution in [0.3, 0.4) is 0 Å². The SMILES string of the molecule is Cc1cccc(-c2[nH]cnc2-c2ccc3ncc(NCCN4CCC(N)CC4)cc3c2)n1. The number of nitrogens with zero attached hydrogens (tertiary/aromatic N) is 4. The topological polar surface area (TPSA) is 95.8 Å². The number of hydrogen-bond acceptors (Lipinski definition) is 6. The number of imidazole rings is 1. The summed E-state index contributed by atoms with van der Waals surface area (Å²) in [6, 6.07) is 14.8. The number of H-pyrrole nitrogens is 1. The van der Waals surface area contributed by atoms with E-state index in [-0.39, 0.29) is 0 Å². The molecule has 1 aliphatic heterocycles. The number of likely N-dealkylation sites (tertiary alicyclic amines) is 1. The van der Waals surface area contributed by atoms with Gasteiger partial charge in [-0.25, -0.2) is 4.98 Å². The number of fused-ring (bicyclic) bond motifs is 1. The van der Waals surface area contributed by atoms with E-state index in [4.69, 9.17) is 5.73 Å². The lowest BCUT2D eigenvalue weighted by atomic mass is 10.0. The first-order chi connectivity index (χ1) is 15.7. The number of aromatic amines is 1. The molecule has 1 aromatic carbocycles. The van der Waals surface area contributed by atoms with Crippen LogP contribution in [0.1, 0.15) is 18.5 Å². The van der Waals surface area contributed by atoms with Crippen LogP contribution in [0.25, 0.3) is 33.5 Å². The van der Waals surface area contributed by atoms with E-state index in [1.54, 1.807) is 6.33 Å². The third kappa shape index (κ3) is 4.49. The quantitative estimate of drug-likeness (QED) is 0.433. The second-order valence-corrected chi connectivity index (χ2v) is 8.53. The van der Waals surface area contributed by atoms with Crippen molar-refractivity contribution < 1.29 is 0 Å². The highest BCUT2D eigenvalue weighted by molar-refractivity contribution is 5.88. The normalized spacial score (nSPS) is 15.3. The van der Waals surface area contributed by atoms with Crippen molar-refractivity contribution in [3.8, 4) is 22.6 Å². The van der Waals surface area contributed by atoms with Crippen molar-refractivity contribution in [2.75, 3.05) is 31.5 Å². The number of nitrogens with two attached hydrogens (primary N) is 1. The standard InChI is InChI=1S/C25H29N7/c1-17-3-2-4-23(31-17)25-24(29-16-30-25)18-5-6-22-19(13-18)14-21(15-28-22)27-9-12-32-10-7-20(26)8-11-32/h2-6,13-16,20,27H,7-12,26H2,1H3,(H,29,30). The van der Waals surface area contributed by atoms with E-state index in [2.05, 4.69) is 48.4 Å². The van der Waals surface area contributed by atoms with Gasteiger partial charge in [0.05, 0.1) is 40.8 Å². The minimum Gasteiger partial charge on any atom is -0.382 e. The molecule has 1 aliphatic rings. The molecule has 7 heteroatoms. The number of piperidine rings is 1. The van der Waals surface area contributed by atoms with Crippen LogP contribution in [0.5, 0.6) is 0 Å². The molecule has 4 heterocycles. The molecule has 5 rings (SSSR count). The van der Waals surface area contributed by atoms with Gasteiger partial charge in [0, 0.05) is 35.8 Å². The highest BCUT2D eigenvalue weighted by Crippen LogP contribution is 2.30. The lowest BCUT2D eigenvalue weighted by Crippen LogP contribution is -2.41. The number of benzene rings is 1. The fraction of sp³-hybridized carbons (Fsp3) is 0.320. The van der Waals surface area contributed by atoms with Crippen molar-refractivity contribution >= 4 is 16.6 Å². The van der Waals surface area contributed by atoms with Crippen LogP contribution in [-0.2, 0) is 0 Å². The lowest BCUT2D eigenvalue weighted by Gasteiger charge is -2.30. The van der Waals surface area contributed by atoms with Gasteiger partial charge in [-0.05, 0) is 63.2 Å². The van der Waals surface area contributed by atoms with Gasteiger partial charge in [0.25, 0.3) is 0 Å². The molecule has 7 nitrogen and oxygen atoms in total. The first-order valence-electron chi connectivity index (χ1n) is 11.2. The van der Waals surface area contributed by atoms with Crippen molar-refractivity contribution in [1.29, 1.82) is 0 Å². The van der Waals surface area contributed by atoms with Crippen molar-refractivity contribution in [2.24, 2.45) is 5.73 Å². The van der Waals surface area contributed by atoms with Gasteiger partial charge < -0.3 is 20.9 Å². The molecule has 1 fully saturated rings. The number of aryl methyl sites for hydroxylation is 1. The molecule has 0 bridgehead atoms. The Balaban J connectivity index is 1.34. The number of hydrogen-bond donors (Lipinski definition) is 3. The Morgan fingerprint density at radius 3 is 2.84 bits per heavy atom. The molecule has 32 heavy (non-hydrogen) atoms. The minimum atomic E-state index is 0.370. The summed E-state index contributed by atoms with van der Waals surface area (Å²) in [7, 11) is 0. The smallest absolute Gasteiger partial charge is 0.0977 e. The Morgan fingerprint density at radius 1 is 1.12 bits per heavy atom. The van der Waals surface area contributed by atoms with Gasteiger partial charge in [-0.15, -0.1) is 0 Å². The van der Waals surface area contributed by atoms with Crippen LogP contribution in [0.4, 0.5) is 5.69 Å². The molecule has 4 N–H and O–H groups in total. The van der Waals surface area contributed by atoms with Crippen molar-refractivity contribution in [1.82, 2.24) is 24.8 Å². The van der Waals surface area contributed by atoms with E-state index in [9.17, 15) is 0 Å². The monoisotopic (exact) mass is 427 g/mol. The Labute approximate surface area is 188 Å². The van der Waals surface area contributed by atoms with Crippen LogP contribution in [-0.4, -0.2) is 57.1 Å². The molecule has 0 saturated carbocycles. The summed E-state index contributed by atoms with van der Waals surface area (Å²) in [6.45, 7) is 6.08. The van der Waals surface area contributed by atoms with Gasteiger partial charge in [0.15, 0.2) is 0 Å². The van der Waals surface area contributed by atoms with Crippen LogP contribution < -0.4 is 11.1 Å². The summed E-state index contributed by atoms with van der Waals surface area (Å²) in [4.78, 5) is 19.6. The van der Waals surface area contributed by atoms with Gasteiger partial charge in [-0.2, -0.15) is 0 Å². The number of rotatable bonds is 6. The van der Waals surface area contributed by atoms with Crippen LogP contribution in [0.15, 0.2) is 55.0 Å². The Kier molecular flexibility index (Phi) is 5.83. The molecule has 0 spiro atoms. The summed E-state index contributed by atoms with van der Waals surface area (Å²) >= 11 is 0. The zero-order chi connectivity index (χ0) is 21.9. The van der Waals surface area contributed by atoms with E-state index in [0.29, 0.717) is 6.04 Å². The highest BCUT2D eigenvalue weighted by atomic mass is 15.1. The molecule has 0 unspecified atom stereocenters. The van der Waals surface area contributed by atoms with Crippen molar-refractivity contribution in [3.63, 3.8) is 0 Å². The van der Waals surface area contributed by atoms with E-state index in [1.807, 2.05) is 37.4 Å². The Morgan fingerprint density at radius 2 is 2.00 bits per heavy atom. The molecule has 0 amide bonds. The first-order valence-corrected chi connectivity index (χ1v) is 11.2. The van der Waals surface area contributed by atoms with Gasteiger partial charge in [-0.1, -0.05) is 12.1 Å². The largest absolute Gasteiger partial charge is 0.382 e. The van der Waals surface area contributed by atoms with Gasteiger partial charge in [0.2, 0.25) is 0 Å². The average Bonchev–Trinajstić information content (AvgIpc) is 3.30. The summed E-state index contributed by atoms with van der Waals surface area (Å²) in [5.74, 6) is 0. The molecule has 1 saturated heterocycles. The number of anilines is 1. The van der Waals surface area contributed by atoms with E-state index in [1.165, 1.54) is 0 Å². The van der Waals surface area contributed by atoms with Crippen LogP contribution in [0.2, 0.25) is 0 Å². The molecule has 4 aromatic rings. The predicted octanol–water partition coefficient (Wildman–Crippen LogP) is 3.83. The molecule has 0 atom stereocenters. The maximum Gasteiger partial charge on any atom is 0.0977 e. The fourth-order valence-corrected chi connectivity index (χ4v) is 4.30. The Bertz CT molecular complexity index is 1210. The molecule has 164 valence electrons. The molecule has 3 aromatic heterocycles. The molecule has 0 aliphatic carbocycles. The highest BCUT2D eigenvalue weighted by Gasteiger charge is 2.15. The van der Waals surface area contributed by atoms with Crippen molar-refractivity contribution in [3.05, 3.63) is 60.7 Å². The summed E-state index contributed by atoms with van der Waals surface area (Å²) in [6.07, 6.45) is 5.81. The van der Waals surface area contributed by atoms with Crippen LogP contribution in [0, 0.1) is 6.92 Å². The molecular formula is C25H29N7. The predicted molar refractivity (Wildman–Crippen MR) is 129 cm³/mol. The van der Waals surface area contributed by atoms with Crippen LogP contribution >= 0.6 is 0 Å². The van der Waals surface area contributed by atoms with Gasteiger partial charge in [0.1, 0.15) is 0 Å². The summed E-state index contributed by atoms with van der Waals surface area (Å²) < 4.78 is 0. The number of pyridine rings is 2. The average molecular weight is 428 g/mol. The Hall–Kier alpha value is -3.29. The van der Waals surface area contributed by atoms with E-state index in [0.717, 1.165) is 84.0 Å². The first kappa shape index (κ1) is 20.6. The second-order valence-electron chi connectivity index (χ2n) is 8.53. The lowest BCUT2D eigenvalue weighted by molar-refractivity contribution is 0.220. The number of aromatic nitrogens is 4. The minimum absolute atomic E-state index is 0.370. The molecular weight excluding hydrogens is 398 g/mol. The third-order valence-corrected chi connectivity index (χ3v) is 6.13. The second kappa shape index (κ2) is 9.06.